The number of Topliss-reactive ketones (excluding diaryl/α,β-unsaturated/α-hetero) is 3. The third-order valence-corrected chi connectivity index (χ3v) is 9.66. The molecule has 0 amide bonds. The van der Waals surface area contributed by atoms with Gasteiger partial charge in [0.25, 0.3) is 0 Å². The van der Waals surface area contributed by atoms with Crippen LogP contribution in [0.15, 0.2) is 30.3 Å². The van der Waals surface area contributed by atoms with Gasteiger partial charge in [-0.25, -0.2) is 4.79 Å². The molecule has 3 aliphatic carbocycles. The summed E-state index contributed by atoms with van der Waals surface area (Å²) in [5.74, 6) is -5.76. The number of benzene rings is 1. The van der Waals surface area contributed by atoms with Crippen molar-refractivity contribution in [3.63, 3.8) is 0 Å². The highest BCUT2D eigenvalue weighted by Crippen LogP contribution is 2.61. The number of rotatable bonds is 2. The van der Waals surface area contributed by atoms with Crippen molar-refractivity contribution in [1.82, 2.24) is 0 Å². The summed E-state index contributed by atoms with van der Waals surface area (Å²) in [5.41, 5.74) is -4.55. The van der Waals surface area contributed by atoms with Gasteiger partial charge in [0.2, 0.25) is 11.6 Å². The largest absolute Gasteiger partial charge is 0.455 e. The van der Waals surface area contributed by atoms with E-state index >= 15 is 0 Å². The van der Waals surface area contributed by atoms with Gasteiger partial charge in [0, 0.05) is 41.9 Å². The molecule has 188 valence electrons. The zero-order valence-corrected chi connectivity index (χ0v) is 20.4. The predicted molar refractivity (Wildman–Crippen MR) is 122 cm³/mol. The second kappa shape index (κ2) is 7.79. The summed E-state index contributed by atoms with van der Waals surface area (Å²) in [6, 6.07) is 8.28. The zero-order chi connectivity index (χ0) is 25.5. The normalized spacial score (nSPS) is 44.3. The van der Waals surface area contributed by atoms with Crippen LogP contribution in [0.2, 0.25) is 0 Å². The number of esters is 1. The molecular formula is C27H32O8. The summed E-state index contributed by atoms with van der Waals surface area (Å²) in [6.45, 7) is 6.68. The topological polar surface area (TPSA) is 127 Å². The van der Waals surface area contributed by atoms with Gasteiger partial charge in [-0.15, -0.1) is 0 Å². The molecule has 1 heterocycles. The molecule has 1 aromatic rings. The quantitative estimate of drug-likeness (QED) is 0.480. The Balaban J connectivity index is 1.73. The first kappa shape index (κ1) is 24.3. The fourth-order valence-corrected chi connectivity index (χ4v) is 7.28. The molecule has 35 heavy (non-hydrogen) atoms. The number of carbonyl (C=O) groups is 4. The Morgan fingerprint density at radius 2 is 1.77 bits per heavy atom. The van der Waals surface area contributed by atoms with Crippen LogP contribution in [-0.2, 0) is 23.9 Å². The molecule has 4 aliphatic rings. The molecule has 0 aromatic heterocycles. The van der Waals surface area contributed by atoms with Crippen LogP contribution in [-0.4, -0.2) is 64.1 Å². The SMILES string of the molecule is CC1C(=O)C[C@@]2(O)[C@@H](OC(=O)c3ccccc3)[C@@H]3[C@@H]4CO[C@@H]4CC(O)[C@@]3(C)C(=O)C(=O)C1C2(C)C. The molecule has 1 aromatic carbocycles. The lowest BCUT2D eigenvalue weighted by Crippen LogP contribution is -2.76. The fourth-order valence-electron chi connectivity index (χ4n) is 7.28. The molecule has 3 unspecified atom stereocenters. The van der Waals surface area contributed by atoms with Gasteiger partial charge in [-0.3, -0.25) is 14.4 Å². The number of fused-ring (bicyclic) bond motifs is 5. The Morgan fingerprint density at radius 1 is 1.11 bits per heavy atom. The smallest absolute Gasteiger partial charge is 0.338 e. The highest BCUT2D eigenvalue weighted by atomic mass is 16.6. The van der Waals surface area contributed by atoms with Gasteiger partial charge < -0.3 is 19.7 Å². The highest BCUT2D eigenvalue weighted by molar-refractivity contribution is 6.41. The van der Waals surface area contributed by atoms with Crippen LogP contribution < -0.4 is 0 Å². The number of hydrogen-bond acceptors (Lipinski definition) is 8. The Labute approximate surface area is 204 Å². The molecule has 8 nitrogen and oxygen atoms in total. The van der Waals surface area contributed by atoms with E-state index in [-0.39, 0.29) is 36.7 Å². The Kier molecular flexibility index (Phi) is 5.40. The molecule has 4 fully saturated rings. The second-order valence-corrected chi connectivity index (χ2v) is 11.5. The Hall–Kier alpha value is -2.42. The Morgan fingerprint density at radius 3 is 2.37 bits per heavy atom. The number of hydrogen-bond donors (Lipinski definition) is 2. The van der Waals surface area contributed by atoms with Gasteiger partial charge in [0.05, 0.1) is 29.8 Å². The summed E-state index contributed by atoms with van der Waals surface area (Å²) in [4.78, 5) is 54.1. The first-order valence-corrected chi connectivity index (χ1v) is 12.2. The molecule has 1 aliphatic heterocycles. The van der Waals surface area contributed by atoms with Crippen molar-refractivity contribution in [1.29, 1.82) is 0 Å². The average molecular weight is 485 g/mol. The number of aliphatic hydroxyl groups is 2. The van der Waals surface area contributed by atoms with Gasteiger partial charge >= 0.3 is 5.97 Å². The van der Waals surface area contributed by atoms with E-state index in [4.69, 9.17) is 9.47 Å². The monoisotopic (exact) mass is 484 g/mol. The van der Waals surface area contributed by atoms with Crippen molar-refractivity contribution < 1.29 is 38.9 Å². The first-order chi connectivity index (χ1) is 16.4. The molecule has 8 heteroatoms. The van der Waals surface area contributed by atoms with E-state index in [1.54, 1.807) is 51.1 Å². The molecule has 9 atom stereocenters. The second-order valence-electron chi connectivity index (χ2n) is 11.5. The standard InChI is InChI=1S/C27H32O8/c1-13-16(28)11-27(33)23(35-24(32)14-8-6-5-7-9-14)20-15-12-34-17(15)10-18(29)26(20,4)22(31)21(30)19(13)25(27,2)3/h5-9,13,15,17-20,23,29,33H,10-12H2,1-4H3/t13?,15-,17-,18?,19?,20+,23+,26-,27-/m1/s1. The van der Waals surface area contributed by atoms with Crippen LogP contribution in [0.5, 0.6) is 0 Å². The third-order valence-electron chi connectivity index (χ3n) is 9.66. The summed E-state index contributed by atoms with van der Waals surface area (Å²) >= 11 is 0. The highest BCUT2D eigenvalue weighted by Gasteiger charge is 2.73. The summed E-state index contributed by atoms with van der Waals surface area (Å²) in [6.07, 6.45) is -3.12. The van der Waals surface area contributed by atoms with Crippen molar-refractivity contribution >= 4 is 23.3 Å². The number of carbonyl (C=O) groups excluding carboxylic acids is 4. The van der Waals surface area contributed by atoms with Crippen LogP contribution in [0.25, 0.3) is 0 Å². The van der Waals surface area contributed by atoms with Crippen LogP contribution in [0.1, 0.15) is 50.9 Å². The van der Waals surface area contributed by atoms with Crippen LogP contribution >= 0.6 is 0 Å². The van der Waals surface area contributed by atoms with E-state index in [9.17, 15) is 29.4 Å². The lowest BCUT2D eigenvalue weighted by atomic mass is 9.43. The summed E-state index contributed by atoms with van der Waals surface area (Å²) < 4.78 is 11.7. The van der Waals surface area contributed by atoms with Gasteiger partial charge in [0.15, 0.2) is 0 Å². The number of ether oxygens (including phenoxy) is 2. The molecule has 5 rings (SSSR count). The van der Waals surface area contributed by atoms with Crippen molar-refractivity contribution in [2.75, 3.05) is 6.61 Å². The van der Waals surface area contributed by atoms with Crippen molar-refractivity contribution in [2.45, 2.75) is 64.4 Å². The van der Waals surface area contributed by atoms with E-state index in [0.717, 1.165) is 0 Å². The van der Waals surface area contributed by atoms with Crippen LogP contribution in [0, 0.1) is 34.5 Å². The zero-order valence-electron chi connectivity index (χ0n) is 20.4. The fraction of sp³-hybridized carbons (Fsp3) is 0.630. The average Bonchev–Trinajstić information content (AvgIpc) is 2.80. The van der Waals surface area contributed by atoms with Crippen molar-refractivity contribution in [3.05, 3.63) is 35.9 Å². The molecular weight excluding hydrogens is 452 g/mol. The van der Waals surface area contributed by atoms with Crippen LogP contribution in [0.4, 0.5) is 0 Å². The molecule has 0 radical (unpaired) electrons. The molecule has 1 saturated heterocycles. The molecule has 3 saturated carbocycles. The molecule has 2 N–H and O–H groups in total. The van der Waals surface area contributed by atoms with E-state index in [1.165, 1.54) is 6.92 Å². The van der Waals surface area contributed by atoms with Gasteiger partial charge in [-0.05, 0) is 19.1 Å². The molecule has 0 spiro atoms. The first-order valence-electron chi connectivity index (χ1n) is 12.2. The van der Waals surface area contributed by atoms with Gasteiger partial charge in [0.1, 0.15) is 17.5 Å². The van der Waals surface area contributed by atoms with E-state index in [2.05, 4.69) is 0 Å². The minimum Gasteiger partial charge on any atom is -0.455 e. The summed E-state index contributed by atoms with van der Waals surface area (Å²) in [5, 5.41) is 23.6. The number of ketones is 3. The van der Waals surface area contributed by atoms with Gasteiger partial charge in [-0.1, -0.05) is 39.0 Å². The predicted octanol–water partition coefficient (Wildman–Crippen LogP) is 1.75. The van der Waals surface area contributed by atoms with E-state index in [1.807, 2.05) is 0 Å². The number of aliphatic hydroxyl groups excluding tert-OH is 1. The molecule has 2 bridgehead atoms. The van der Waals surface area contributed by atoms with Crippen molar-refractivity contribution in [3.8, 4) is 0 Å². The third kappa shape index (κ3) is 3.09. The maximum atomic E-state index is 13.9. The van der Waals surface area contributed by atoms with E-state index < -0.39 is 70.0 Å². The Bertz CT molecular complexity index is 1100. The van der Waals surface area contributed by atoms with Gasteiger partial charge in [-0.2, -0.15) is 0 Å². The maximum Gasteiger partial charge on any atom is 0.338 e. The lowest BCUT2D eigenvalue weighted by Gasteiger charge is -2.64. The maximum absolute atomic E-state index is 13.9. The van der Waals surface area contributed by atoms with E-state index in [0.29, 0.717) is 0 Å². The summed E-state index contributed by atoms with van der Waals surface area (Å²) in [7, 11) is 0. The minimum atomic E-state index is -1.94. The van der Waals surface area contributed by atoms with Crippen LogP contribution in [0.3, 0.4) is 0 Å². The minimum absolute atomic E-state index is 0.164. The van der Waals surface area contributed by atoms with Crippen molar-refractivity contribution in [2.24, 2.45) is 34.5 Å². The lowest BCUT2D eigenvalue weighted by molar-refractivity contribution is -0.280.